The van der Waals surface area contributed by atoms with Gasteiger partial charge in [-0.1, -0.05) is 0 Å². The van der Waals surface area contributed by atoms with E-state index >= 15 is 0 Å². The lowest BCUT2D eigenvalue weighted by Crippen LogP contribution is -2.48. The molecule has 0 aliphatic carbocycles. The molecule has 1 saturated heterocycles. The summed E-state index contributed by atoms with van der Waals surface area (Å²) in [5.41, 5.74) is -0.465. The Hall–Kier alpha value is -0.750. The van der Waals surface area contributed by atoms with Crippen LogP contribution in [0.2, 0.25) is 0 Å². The molecular formula is C11H20N2O3S. The molecule has 0 aromatic heterocycles. The first-order valence-electron chi connectivity index (χ1n) is 5.73. The Morgan fingerprint density at radius 2 is 2.29 bits per heavy atom. The molecule has 17 heavy (non-hydrogen) atoms. The van der Waals surface area contributed by atoms with Crippen LogP contribution in [0.15, 0.2) is 0 Å². The van der Waals surface area contributed by atoms with Gasteiger partial charge in [0.1, 0.15) is 6.04 Å². The van der Waals surface area contributed by atoms with Gasteiger partial charge in [0.2, 0.25) is 5.91 Å². The molecule has 98 valence electrons. The predicted octanol–water partition coefficient (Wildman–Crippen LogP) is 0.309. The van der Waals surface area contributed by atoms with Gasteiger partial charge >= 0.3 is 5.97 Å². The Morgan fingerprint density at radius 1 is 1.59 bits per heavy atom. The van der Waals surface area contributed by atoms with E-state index in [9.17, 15) is 9.59 Å². The second-order valence-electron chi connectivity index (χ2n) is 4.63. The molecule has 1 aliphatic rings. The molecule has 0 saturated carbocycles. The summed E-state index contributed by atoms with van der Waals surface area (Å²) in [6.07, 6.45) is 3.14. The zero-order valence-electron chi connectivity index (χ0n) is 10.3. The topological polar surface area (TPSA) is 78.4 Å². The first kappa shape index (κ1) is 14.3. The van der Waals surface area contributed by atoms with Gasteiger partial charge in [0, 0.05) is 6.54 Å². The third-order valence-corrected chi connectivity index (χ3v) is 3.77. The van der Waals surface area contributed by atoms with Gasteiger partial charge in [0.25, 0.3) is 0 Å². The number of nitrogens with one attached hydrogen (secondary N) is 2. The van der Waals surface area contributed by atoms with Crippen molar-refractivity contribution < 1.29 is 14.7 Å². The number of carboxylic acid groups (broad SMARTS) is 1. The molecule has 0 bridgehead atoms. The largest absolute Gasteiger partial charge is 0.480 e. The summed E-state index contributed by atoms with van der Waals surface area (Å²) in [7, 11) is 0. The van der Waals surface area contributed by atoms with Crippen LogP contribution in [0.5, 0.6) is 0 Å². The number of aliphatic carboxylic acids is 1. The molecule has 3 N–H and O–H groups in total. The van der Waals surface area contributed by atoms with E-state index in [-0.39, 0.29) is 5.91 Å². The Morgan fingerprint density at radius 3 is 2.76 bits per heavy atom. The van der Waals surface area contributed by atoms with Crippen LogP contribution in [0, 0.1) is 5.41 Å². The van der Waals surface area contributed by atoms with E-state index in [0.29, 0.717) is 13.0 Å². The molecule has 1 heterocycles. The standard InChI is InChI=1S/C11H20N2O3S/c1-11(4-5-12-7-11)10(16)13-8(9(14)15)3-6-17-2/h8,12H,3-7H2,1-2H3,(H,13,16)(H,14,15)/t8-,11?/m1/s1. The van der Waals surface area contributed by atoms with Gasteiger partial charge in [-0.2, -0.15) is 11.8 Å². The quantitative estimate of drug-likeness (QED) is 0.640. The first-order chi connectivity index (χ1) is 7.99. The van der Waals surface area contributed by atoms with Crippen molar-refractivity contribution in [1.82, 2.24) is 10.6 Å². The SMILES string of the molecule is CSCC[C@@H](NC(=O)C1(C)CCNC1)C(=O)O. The predicted molar refractivity (Wildman–Crippen MR) is 68.2 cm³/mol. The van der Waals surface area contributed by atoms with E-state index < -0.39 is 17.4 Å². The average Bonchev–Trinajstić information content (AvgIpc) is 2.72. The van der Waals surface area contributed by atoms with Crippen LogP contribution in [-0.2, 0) is 9.59 Å². The minimum atomic E-state index is -0.957. The van der Waals surface area contributed by atoms with Crippen molar-refractivity contribution in [3.8, 4) is 0 Å². The fourth-order valence-corrected chi connectivity index (χ4v) is 2.31. The third kappa shape index (κ3) is 3.89. The lowest BCUT2D eigenvalue weighted by molar-refractivity contribution is -0.143. The monoisotopic (exact) mass is 260 g/mol. The van der Waals surface area contributed by atoms with Crippen molar-refractivity contribution in [1.29, 1.82) is 0 Å². The molecule has 1 amide bonds. The van der Waals surface area contributed by atoms with Crippen LogP contribution in [-0.4, -0.2) is 48.1 Å². The molecule has 0 aromatic carbocycles. The number of amides is 1. The number of carbonyl (C=O) groups excluding carboxylic acids is 1. The number of rotatable bonds is 6. The van der Waals surface area contributed by atoms with Gasteiger partial charge in [-0.15, -0.1) is 0 Å². The highest BCUT2D eigenvalue weighted by Gasteiger charge is 2.37. The molecule has 6 heteroatoms. The average molecular weight is 260 g/mol. The molecule has 1 rings (SSSR count). The fourth-order valence-electron chi connectivity index (χ4n) is 1.84. The highest BCUT2D eigenvalue weighted by Crippen LogP contribution is 2.24. The van der Waals surface area contributed by atoms with Gasteiger partial charge in [-0.05, 0) is 38.3 Å². The normalized spacial score (nSPS) is 25.5. The maximum absolute atomic E-state index is 12.0. The number of carboxylic acids is 1. The molecule has 0 aromatic rings. The highest BCUT2D eigenvalue weighted by molar-refractivity contribution is 7.98. The van der Waals surface area contributed by atoms with Crippen molar-refractivity contribution in [3.05, 3.63) is 0 Å². The molecule has 2 atom stereocenters. The Bertz CT molecular complexity index is 290. The molecule has 5 nitrogen and oxygen atoms in total. The van der Waals surface area contributed by atoms with E-state index in [2.05, 4.69) is 10.6 Å². The summed E-state index contributed by atoms with van der Waals surface area (Å²) in [6, 6.07) is -0.771. The fraction of sp³-hybridized carbons (Fsp3) is 0.818. The minimum Gasteiger partial charge on any atom is -0.480 e. The molecule has 1 aliphatic heterocycles. The van der Waals surface area contributed by atoms with Crippen LogP contribution < -0.4 is 10.6 Å². The van der Waals surface area contributed by atoms with E-state index in [1.165, 1.54) is 0 Å². The summed E-state index contributed by atoms with van der Waals surface area (Å²) in [4.78, 5) is 23.0. The van der Waals surface area contributed by atoms with Crippen LogP contribution in [0.4, 0.5) is 0 Å². The van der Waals surface area contributed by atoms with Crippen molar-refractivity contribution >= 4 is 23.6 Å². The van der Waals surface area contributed by atoms with Gasteiger partial charge in [-0.3, -0.25) is 4.79 Å². The molecule has 0 radical (unpaired) electrons. The van der Waals surface area contributed by atoms with Crippen molar-refractivity contribution in [2.75, 3.05) is 25.1 Å². The molecule has 1 unspecified atom stereocenters. The Balaban J connectivity index is 2.54. The zero-order chi connectivity index (χ0) is 12.9. The van der Waals surface area contributed by atoms with Crippen LogP contribution in [0.3, 0.4) is 0 Å². The molecular weight excluding hydrogens is 240 g/mol. The summed E-state index contributed by atoms with van der Waals surface area (Å²) in [6.45, 7) is 3.30. The lowest BCUT2D eigenvalue weighted by Gasteiger charge is -2.24. The minimum absolute atomic E-state index is 0.156. The summed E-state index contributed by atoms with van der Waals surface area (Å²) in [5.74, 6) is -0.385. The van der Waals surface area contributed by atoms with Crippen molar-refractivity contribution in [3.63, 3.8) is 0 Å². The lowest BCUT2D eigenvalue weighted by atomic mass is 9.88. The smallest absolute Gasteiger partial charge is 0.326 e. The summed E-state index contributed by atoms with van der Waals surface area (Å²) in [5, 5.41) is 14.8. The summed E-state index contributed by atoms with van der Waals surface area (Å²) >= 11 is 1.58. The number of hydrogen-bond donors (Lipinski definition) is 3. The first-order valence-corrected chi connectivity index (χ1v) is 7.12. The summed E-state index contributed by atoms with van der Waals surface area (Å²) < 4.78 is 0. The third-order valence-electron chi connectivity index (χ3n) is 3.13. The zero-order valence-corrected chi connectivity index (χ0v) is 11.1. The van der Waals surface area contributed by atoms with E-state index in [1.807, 2.05) is 13.2 Å². The van der Waals surface area contributed by atoms with Gasteiger partial charge in [0.15, 0.2) is 0 Å². The van der Waals surface area contributed by atoms with Gasteiger partial charge in [0.05, 0.1) is 5.41 Å². The van der Waals surface area contributed by atoms with Gasteiger partial charge < -0.3 is 15.7 Å². The Labute approximate surface area is 106 Å². The van der Waals surface area contributed by atoms with Crippen molar-refractivity contribution in [2.24, 2.45) is 5.41 Å². The van der Waals surface area contributed by atoms with Crippen LogP contribution in [0.25, 0.3) is 0 Å². The van der Waals surface area contributed by atoms with Gasteiger partial charge in [-0.25, -0.2) is 4.79 Å². The second kappa shape index (κ2) is 6.26. The highest BCUT2D eigenvalue weighted by atomic mass is 32.2. The maximum atomic E-state index is 12.0. The van der Waals surface area contributed by atoms with E-state index in [1.54, 1.807) is 11.8 Å². The molecule has 1 fully saturated rings. The second-order valence-corrected chi connectivity index (χ2v) is 5.62. The number of carbonyl (C=O) groups is 2. The van der Waals surface area contributed by atoms with Crippen molar-refractivity contribution in [2.45, 2.75) is 25.8 Å². The van der Waals surface area contributed by atoms with Crippen LogP contribution >= 0.6 is 11.8 Å². The van der Waals surface area contributed by atoms with Crippen LogP contribution in [0.1, 0.15) is 19.8 Å². The maximum Gasteiger partial charge on any atom is 0.326 e. The van der Waals surface area contributed by atoms with E-state index in [4.69, 9.17) is 5.11 Å². The number of thioether (sulfide) groups is 1. The number of hydrogen-bond acceptors (Lipinski definition) is 4. The molecule has 0 spiro atoms. The Kier molecular flexibility index (Phi) is 5.27. The van der Waals surface area contributed by atoms with E-state index in [0.717, 1.165) is 18.7 Å².